The zero-order valence-corrected chi connectivity index (χ0v) is 14.3. The molecule has 0 aromatic heterocycles. The van der Waals surface area contributed by atoms with Gasteiger partial charge in [-0.2, -0.15) is 0 Å². The minimum atomic E-state index is -0.430. The van der Waals surface area contributed by atoms with Crippen molar-refractivity contribution in [2.24, 2.45) is 0 Å². The summed E-state index contributed by atoms with van der Waals surface area (Å²) in [7, 11) is 1.32. The van der Waals surface area contributed by atoms with Crippen molar-refractivity contribution in [2.45, 2.75) is 6.61 Å². The van der Waals surface area contributed by atoms with Crippen LogP contribution in [0.2, 0.25) is 0 Å². The van der Waals surface area contributed by atoms with Gasteiger partial charge in [-0.1, -0.05) is 54.6 Å². The van der Waals surface area contributed by atoms with E-state index in [0.29, 0.717) is 29.0 Å². The number of ketones is 1. The van der Waals surface area contributed by atoms with Crippen molar-refractivity contribution in [3.05, 3.63) is 101 Å². The highest BCUT2D eigenvalue weighted by Crippen LogP contribution is 2.18. The first-order valence-corrected chi connectivity index (χ1v) is 8.17. The summed E-state index contributed by atoms with van der Waals surface area (Å²) >= 11 is 0. The molecule has 0 amide bonds. The van der Waals surface area contributed by atoms with Crippen LogP contribution < -0.4 is 4.74 Å². The molecule has 26 heavy (non-hydrogen) atoms. The second-order valence-electron chi connectivity index (χ2n) is 5.70. The second-order valence-corrected chi connectivity index (χ2v) is 5.70. The first kappa shape index (κ1) is 17.4. The molecule has 0 unspecified atom stereocenters. The molecule has 0 atom stereocenters. The molecule has 0 N–H and O–H groups in total. The van der Waals surface area contributed by atoms with Gasteiger partial charge >= 0.3 is 5.97 Å². The lowest BCUT2D eigenvalue weighted by Crippen LogP contribution is -2.05. The van der Waals surface area contributed by atoms with Gasteiger partial charge in [-0.25, -0.2) is 4.79 Å². The molecule has 0 fully saturated rings. The summed E-state index contributed by atoms with van der Waals surface area (Å²) in [6.07, 6.45) is 0. The Morgan fingerprint density at radius 2 is 1.46 bits per heavy atom. The minimum Gasteiger partial charge on any atom is -0.489 e. The number of carbonyl (C=O) groups is 2. The Kier molecular flexibility index (Phi) is 5.44. The summed E-state index contributed by atoms with van der Waals surface area (Å²) in [6, 6.07) is 23.3. The fourth-order valence-electron chi connectivity index (χ4n) is 2.51. The summed E-state index contributed by atoms with van der Waals surface area (Å²) in [5.74, 6) is 0.0674. The van der Waals surface area contributed by atoms with E-state index >= 15 is 0 Å². The number of benzene rings is 3. The second kappa shape index (κ2) is 8.12. The van der Waals surface area contributed by atoms with E-state index in [2.05, 4.69) is 4.74 Å². The van der Waals surface area contributed by atoms with Crippen molar-refractivity contribution in [3.8, 4) is 5.75 Å². The highest BCUT2D eigenvalue weighted by Gasteiger charge is 2.12. The zero-order chi connectivity index (χ0) is 18.4. The number of hydrogen-bond donors (Lipinski definition) is 0. The molecule has 130 valence electrons. The number of methoxy groups -OCH3 is 1. The van der Waals surface area contributed by atoms with Crippen LogP contribution >= 0.6 is 0 Å². The summed E-state index contributed by atoms with van der Waals surface area (Å²) in [6.45, 7) is 0.437. The smallest absolute Gasteiger partial charge is 0.337 e. The Bertz CT molecular complexity index is 899. The van der Waals surface area contributed by atoms with Crippen LogP contribution in [0, 0.1) is 0 Å². The third-order valence-corrected chi connectivity index (χ3v) is 3.91. The van der Waals surface area contributed by atoms with Crippen LogP contribution in [0.15, 0.2) is 78.9 Å². The molecule has 0 aliphatic rings. The van der Waals surface area contributed by atoms with E-state index in [0.717, 1.165) is 5.56 Å². The molecule has 0 radical (unpaired) electrons. The quantitative estimate of drug-likeness (QED) is 0.494. The van der Waals surface area contributed by atoms with Crippen LogP contribution in [0.4, 0.5) is 0 Å². The fourth-order valence-corrected chi connectivity index (χ4v) is 2.51. The number of ether oxygens (including phenoxy) is 2. The number of esters is 1. The fraction of sp³-hybridized carbons (Fsp3) is 0.0909. The molecule has 0 aliphatic carbocycles. The summed E-state index contributed by atoms with van der Waals surface area (Å²) in [5.41, 5.74) is 2.49. The molecule has 3 aromatic rings. The molecule has 0 saturated heterocycles. The molecule has 0 spiro atoms. The van der Waals surface area contributed by atoms with Gasteiger partial charge in [0.15, 0.2) is 5.78 Å². The van der Waals surface area contributed by atoms with E-state index in [-0.39, 0.29) is 5.78 Å². The summed E-state index contributed by atoms with van der Waals surface area (Å²) < 4.78 is 10.4. The Balaban J connectivity index is 1.72. The van der Waals surface area contributed by atoms with E-state index in [1.165, 1.54) is 7.11 Å². The largest absolute Gasteiger partial charge is 0.489 e. The van der Waals surface area contributed by atoms with Gasteiger partial charge in [0.05, 0.1) is 12.7 Å². The lowest BCUT2D eigenvalue weighted by Gasteiger charge is -2.08. The third kappa shape index (κ3) is 4.16. The number of hydrogen-bond acceptors (Lipinski definition) is 4. The SMILES string of the molecule is COC(=O)c1ccc(C(=O)c2cccc(OCc3ccccc3)c2)cc1. The predicted octanol–water partition coefficient (Wildman–Crippen LogP) is 4.28. The first-order chi connectivity index (χ1) is 12.7. The average Bonchev–Trinajstić information content (AvgIpc) is 2.72. The Hall–Kier alpha value is -3.40. The van der Waals surface area contributed by atoms with E-state index in [1.807, 2.05) is 36.4 Å². The van der Waals surface area contributed by atoms with Gasteiger partial charge in [-0.15, -0.1) is 0 Å². The van der Waals surface area contributed by atoms with Gasteiger partial charge in [0.1, 0.15) is 12.4 Å². The Labute approximate surface area is 152 Å². The standard InChI is InChI=1S/C22H18O4/c1-25-22(24)18-12-10-17(11-13-18)21(23)19-8-5-9-20(14-19)26-15-16-6-3-2-4-7-16/h2-14H,15H2,1H3. The van der Waals surface area contributed by atoms with Gasteiger partial charge in [-0.05, 0) is 29.8 Å². The maximum atomic E-state index is 12.7. The number of rotatable bonds is 6. The van der Waals surface area contributed by atoms with Crippen molar-refractivity contribution in [1.82, 2.24) is 0 Å². The predicted molar refractivity (Wildman–Crippen MR) is 98.4 cm³/mol. The summed E-state index contributed by atoms with van der Waals surface area (Å²) in [4.78, 5) is 24.1. The van der Waals surface area contributed by atoms with E-state index in [4.69, 9.17) is 4.74 Å². The lowest BCUT2D eigenvalue weighted by atomic mass is 10.0. The minimum absolute atomic E-state index is 0.133. The topological polar surface area (TPSA) is 52.6 Å². The molecule has 0 saturated carbocycles. The molecular formula is C22H18O4. The highest BCUT2D eigenvalue weighted by atomic mass is 16.5. The molecule has 0 heterocycles. The number of carbonyl (C=O) groups excluding carboxylic acids is 2. The van der Waals surface area contributed by atoms with Crippen molar-refractivity contribution in [2.75, 3.05) is 7.11 Å². The monoisotopic (exact) mass is 346 g/mol. The molecule has 0 aliphatic heterocycles. The van der Waals surface area contributed by atoms with E-state index in [1.54, 1.807) is 42.5 Å². The lowest BCUT2D eigenvalue weighted by molar-refractivity contribution is 0.0600. The van der Waals surface area contributed by atoms with Gasteiger partial charge in [0, 0.05) is 11.1 Å². The van der Waals surface area contributed by atoms with Crippen LogP contribution in [-0.4, -0.2) is 18.9 Å². The van der Waals surface area contributed by atoms with Crippen LogP contribution in [-0.2, 0) is 11.3 Å². The Morgan fingerprint density at radius 1 is 0.769 bits per heavy atom. The van der Waals surface area contributed by atoms with Gasteiger partial charge < -0.3 is 9.47 Å². The van der Waals surface area contributed by atoms with Gasteiger partial charge in [0.2, 0.25) is 0 Å². The van der Waals surface area contributed by atoms with Crippen molar-refractivity contribution in [1.29, 1.82) is 0 Å². The van der Waals surface area contributed by atoms with Crippen molar-refractivity contribution >= 4 is 11.8 Å². The zero-order valence-electron chi connectivity index (χ0n) is 14.3. The van der Waals surface area contributed by atoms with E-state index in [9.17, 15) is 9.59 Å². The van der Waals surface area contributed by atoms with E-state index < -0.39 is 5.97 Å². The van der Waals surface area contributed by atoms with Crippen LogP contribution in [0.5, 0.6) is 5.75 Å². The van der Waals surface area contributed by atoms with Crippen molar-refractivity contribution in [3.63, 3.8) is 0 Å². The van der Waals surface area contributed by atoms with Gasteiger partial charge in [-0.3, -0.25) is 4.79 Å². The maximum absolute atomic E-state index is 12.7. The van der Waals surface area contributed by atoms with Crippen molar-refractivity contribution < 1.29 is 19.1 Å². The first-order valence-electron chi connectivity index (χ1n) is 8.17. The molecule has 0 bridgehead atoms. The summed E-state index contributed by atoms with van der Waals surface area (Å²) in [5, 5.41) is 0. The maximum Gasteiger partial charge on any atom is 0.337 e. The normalized spacial score (nSPS) is 10.2. The molecule has 4 nitrogen and oxygen atoms in total. The van der Waals surface area contributed by atoms with Crippen LogP contribution in [0.1, 0.15) is 31.8 Å². The van der Waals surface area contributed by atoms with Gasteiger partial charge in [0.25, 0.3) is 0 Å². The highest BCUT2D eigenvalue weighted by molar-refractivity contribution is 6.09. The van der Waals surface area contributed by atoms with Crippen LogP contribution in [0.3, 0.4) is 0 Å². The molecular weight excluding hydrogens is 328 g/mol. The molecule has 3 rings (SSSR count). The Morgan fingerprint density at radius 3 is 2.15 bits per heavy atom. The average molecular weight is 346 g/mol. The third-order valence-electron chi connectivity index (χ3n) is 3.91. The van der Waals surface area contributed by atoms with Crippen LogP contribution in [0.25, 0.3) is 0 Å². The molecule has 4 heteroatoms. The molecule has 3 aromatic carbocycles.